The highest BCUT2D eigenvalue weighted by atomic mass is 16.4. The predicted octanol–water partition coefficient (Wildman–Crippen LogP) is 1.57. The van der Waals surface area contributed by atoms with E-state index in [9.17, 15) is 9.59 Å². The summed E-state index contributed by atoms with van der Waals surface area (Å²) in [4.78, 5) is 28.8. The number of piperidine rings is 1. The van der Waals surface area contributed by atoms with Gasteiger partial charge in [0.1, 0.15) is 5.82 Å². The van der Waals surface area contributed by atoms with Gasteiger partial charge >= 0.3 is 5.97 Å². The molecule has 1 saturated heterocycles. The number of carbonyl (C=O) groups excluding carboxylic acids is 1. The van der Waals surface area contributed by atoms with Gasteiger partial charge < -0.3 is 15.7 Å². The molecule has 6 nitrogen and oxygen atoms in total. The van der Waals surface area contributed by atoms with Crippen LogP contribution in [-0.4, -0.2) is 35.1 Å². The Hall–Kier alpha value is -2.11. The van der Waals surface area contributed by atoms with Crippen molar-refractivity contribution in [3.05, 3.63) is 23.4 Å². The summed E-state index contributed by atoms with van der Waals surface area (Å²) in [7, 11) is 0. The molecule has 3 N–H and O–H groups in total. The van der Waals surface area contributed by atoms with Gasteiger partial charge in [-0.1, -0.05) is 0 Å². The molecular formula is C15H21N3O3. The Balaban J connectivity index is 2.15. The maximum atomic E-state index is 11.6. The lowest BCUT2D eigenvalue weighted by atomic mass is 9.93. The van der Waals surface area contributed by atoms with Crippen LogP contribution in [0.3, 0.4) is 0 Å². The molecule has 1 unspecified atom stereocenters. The number of amides is 1. The van der Waals surface area contributed by atoms with Crippen LogP contribution in [0.5, 0.6) is 0 Å². The first kappa shape index (κ1) is 15.3. The molecule has 0 aromatic carbocycles. The van der Waals surface area contributed by atoms with Crippen LogP contribution in [0.1, 0.15) is 41.7 Å². The van der Waals surface area contributed by atoms with Crippen molar-refractivity contribution in [2.75, 3.05) is 18.0 Å². The van der Waals surface area contributed by atoms with Crippen molar-refractivity contribution in [2.24, 2.45) is 11.7 Å². The number of aliphatic carboxylic acids is 1. The number of carboxylic acid groups (broad SMARTS) is 1. The zero-order chi connectivity index (χ0) is 15.4. The highest BCUT2D eigenvalue weighted by molar-refractivity contribution is 5.97. The van der Waals surface area contributed by atoms with Crippen molar-refractivity contribution >= 4 is 17.7 Å². The minimum absolute atomic E-state index is 0.183. The van der Waals surface area contributed by atoms with Crippen molar-refractivity contribution in [3.8, 4) is 0 Å². The summed E-state index contributed by atoms with van der Waals surface area (Å²) in [5, 5.41) is 8.79. The van der Waals surface area contributed by atoms with Crippen molar-refractivity contribution in [1.82, 2.24) is 4.98 Å². The molecular weight excluding hydrogens is 270 g/mol. The lowest BCUT2D eigenvalue weighted by molar-refractivity contribution is -0.137. The minimum Gasteiger partial charge on any atom is -0.481 e. The van der Waals surface area contributed by atoms with Crippen molar-refractivity contribution in [1.29, 1.82) is 0 Å². The average Bonchev–Trinajstić information content (AvgIpc) is 2.45. The number of rotatable bonds is 5. The summed E-state index contributed by atoms with van der Waals surface area (Å²) in [5.41, 5.74) is 6.69. The monoisotopic (exact) mass is 291 g/mol. The van der Waals surface area contributed by atoms with Crippen molar-refractivity contribution in [3.63, 3.8) is 0 Å². The molecule has 1 aromatic heterocycles. The number of nitrogens with zero attached hydrogens (tertiary/aromatic N) is 2. The quantitative estimate of drug-likeness (QED) is 0.858. The molecule has 1 amide bonds. The molecule has 114 valence electrons. The van der Waals surface area contributed by atoms with E-state index in [2.05, 4.69) is 9.88 Å². The number of pyridine rings is 1. The number of carbonyl (C=O) groups is 2. The fourth-order valence-corrected chi connectivity index (χ4v) is 2.80. The summed E-state index contributed by atoms with van der Waals surface area (Å²) in [6.07, 6.45) is 2.82. The Bertz CT molecular complexity index is 545. The highest BCUT2D eigenvalue weighted by Crippen LogP contribution is 2.27. The maximum absolute atomic E-state index is 11.6. The number of carboxylic acids is 1. The highest BCUT2D eigenvalue weighted by Gasteiger charge is 2.24. The molecule has 21 heavy (non-hydrogen) atoms. The van der Waals surface area contributed by atoms with Gasteiger partial charge in [-0.05, 0) is 44.2 Å². The normalized spacial score (nSPS) is 18.5. The SMILES string of the molecule is Cc1ccc(C(N)=O)c(N2CCCC(CCC(=O)O)C2)n1. The lowest BCUT2D eigenvalue weighted by Crippen LogP contribution is -2.37. The van der Waals surface area contributed by atoms with Gasteiger partial charge in [0.15, 0.2) is 0 Å². The van der Waals surface area contributed by atoms with Crippen LogP contribution in [0.4, 0.5) is 5.82 Å². The van der Waals surface area contributed by atoms with E-state index in [1.807, 2.05) is 6.92 Å². The van der Waals surface area contributed by atoms with Crippen LogP contribution in [0.2, 0.25) is 0 Å². The fraction of sp³-hybridized carbons (Fsp3) is 0.533. The minimum atomic E-state index is -0.765. The third-order valence-electron chi connectivity index (χ3n) is 3.86. The fourth-order valence-electron chi connectivity index (χ4n) is 2.80. The lowest BCUT2D eigenvalue weighted by Gasteiger charge is -2.34. The molecule has 1 aliphatic heterocycles. The van der Waals surface area contributed by atoms with Crippen LogP contribution in [0.15, 0.2) is 12.1 Å². The molecule has 0 aliphatic carbocycles. The molecule has 2 rings (SSSR count). The predicted molar refractivity (Wildman–Crippen MR) is 79.3 cm³/mol. The second-order valence-electron chi connectivity index (χ2n) is 5.57. The first-order valence-electron chi connectivity index (χ1n) is 7.21. The Morgan fingerprint density at radius 1 is 1.48 bits per heavy atom. The maximum Gasteiger partial charge on any atom is 0.303 e. The van der Waals surface area contributed by atoms with Gasteiger partial charge in [0.2, 0.25) is 0 Å². The molecule has 0 saturated carbocycles. The van der Waals surface area contributed by atoms with Crippen LogP contribution in [-0.2, 0) is 4.79 Å². The van der Waals surface area contributed by atoms with Gasteiger partial charge in [0.25, 0.3) is 5.91 Å². The molecule has 1 aromatic rings. The molecule has 0 bridgehead atoms. The smallest absolute Gasteiger partial charge is 0.303 e. The average molecular weight is 291 g/mol. The third-order valence-corrected chi connectivity index (χ3v) is 3.86. The number of anilines is 1. The van der Waals surface area contributed by atoms with Crippen LogP contribution in [0.25, 0.3) is 0 Å². The van der Waals surface area contributed by atoms with Crippen LogP contribution >= 0.6 is 0 Å². The zero-order valence-corrected chi connectivity index (χ0v) is 12.2. The number of hydrogen-bond acceptors (Lipinski definition) is 4. The van der Waals surface area contributed by atoms with Gasteiger partial charge in [-0.15, -0.1) is 0 Å². The first-order valence-corrected chi connectivity index (χ1v) is 7.21. The van der Waals surface area contributed by atoms with Gasteiger partial charge in [-0.2, -0.15) is 0 Å². The van der Waals surface area contributed by atoms with E-state index >= 15 is 0 Å². The van der Waals surface area contributed by atoms with E-state index in [1.54, 1.807) is 12.1 Å². The Morgan fingerprint density at radius 3 is 2.90 bits per heavy atom. The number of aromatic nitrogens is 1. The molecule has 1 aliphatic rings. The van der Waals surface area contributed by atoms with E-state index in [1.165, 1.54) is 0 Å². The van der Waals surface area contributed by atoms with Crippen molar-refractivity contribution in [2.45, 2.75) is 32.6 Å². The Labute approximate surface area is 124 Å². The second-order valence-corrected chi connectivity index (χ2v) is 5.57. The van der Waals surface area contributed by atoms with Gasteiger partial charge in [-0.25, -0.2) is 4.98 Å². The van der Waals surface area contributed by atoms with E-state index < -0.39 is 11.9 Å². The zero-order valence-electron chi connectivity index (χ0n) is 12.2. The molecule has 0 spiro atoms. The number of hydrogen-bond donors (Lipinski definition) is 2. The summed E-state index contributed by atoms with van der Waals surface area (Å²) in [6, 6.07) is 3.48. The summed E-state index contributed by atoms with van der Waals surface area (Å²) in [6.45, 7) is 3.42. The second kappa shape index (κ2) is 6.56. The largest absolute Gasteiger partial charge is 0.481 e. The van der Waals surface area contributed by atoms with Gasteiger partial charge in [0, 0.05) is 25.2 Å². The van der Waals surface area contributed by atoms with Gasteiger partial charge in [0.05, 0.1) is 5.56 Å². The molecule has 1 fully saturated rings. The van der Waals surface area contributed by atoms with Gasteiger partial charge in [-0.3, -0.25) is 9.59 Å². The Kier molecular flexibility index (Phi) is 4.77. The number of nitrogens with two attached hydrogens (primary N) is 1. The molecule has 1 atom stereocenters. The van der Waals surface area contributed by atoms with E-state index in [0.717, 1.165) is 31.6 Å². The molecule has 2 heterocycles. The van der Waals surface area contributed by atoms with Crippen LogP contribution < -0.4 is 10.6 Å². The Morgan fingerprint density at radius 2 is 2.24 bits per heavy atom. The summed E-state index contributed by atoms with van der Waals surface area (Å²) >= 11 is 0. The third kappa shape index (κ3) is 3.93. The van der Waals surface area contributed by atoms with Crippen molar-refractivity contribution < 1.29 is 14.7 Å². The van der Waals surface area contributed by atoms with E-state index in [0.29, 0.717) is 23.7 Å². The summed E-state index contributed by atoms with van der Waals surface area (Å²) in [5.74, 6) is -0.302. The van der Waals surface area contributed by atoms with Crippen LogP contribution in [0, 0.1) is 12.8 Å². The topological polar surface area (TPSA) is 96.5 Å². The first-order chi connectivity index (χ1) is 9.97. The number of primary amides is 1. The standard InChI is InChI=1S/C15H21N3O3/c1-10-4-6-12(14(16)21)15(17-10)18-8-2-3-11(9-18)5-7-13(19)20/h4,6,11H,2-3,5,7-9H2,1H3,(H2,16,21)(H,19,20). The van der Waals surface area contributed by atoms with E-state index in [-0.39, 0.29) is 6.42 Å². The number of aryl methyl sites for hydroxylation is 1. The summed E-state index contributed by atoms with van der Waals surface area (Å²) < 4.78 is 0. The molecule has 6 heteroatoms. The molecule has 0 radical (unpaired) electrons. The van der Waals surface area contributed by atoms with E-state index in [4.69, 9.17) is 10.8 Å².